The average molecular weight is 646 g/mol. The Kier molecular flexibility index (Phi) is 8.91. The summed E-state index contributed by atoms with van der Waals surface area (Å²) in [4.78, 5) is 28.7. The van der Waals surface area contributed by atoms with Gasteiger partial charge in [-0.3, -0.25) is 14.5 Å². The Morgan fingerprint density at radius 3 is 2.71 bits per heavy atom. The van der Waals surface area contributed by atoms with Gasteiger partial charge in [-0.2, -0.15) is 0 Å². The van der Waals surface area contributed by atoms with E-state index in [0.717, 1.165) is 23.3 Å². The predicted molar refractivity (Wildman–Crippen MR) is 172 cm³/mol. The molecule has 2 atom stereocenters. The average Bonchev–Trinajstić information content (AvgIpc) is 3.71. The Balaban J connectivity index is 1.37. The summed E-state index contributed by atoms with van der Waals surface area (Å²) in [6, 6.07) is 17.7. The molecular weight excluding hydrogens is 614 g/mol. The van der Waals surface area contributed by atoms with E-state index in [1.165, 1.54) is 40.1 Å². The first-order valence-corrected chi connectivity index (χ1v) is 16.5. The largest absolute Gasteiger partial charge is 0.507 e. The Hall–Kier alpha value is -4.22. The lowest BCUT2D eigenvalue weighted by molar-refractivity contribution is -0.132. The van der Waals surface area contributed by atoms with Crippen molar-refractivity contribution in [3.8, 4) is 11.5 Å². The summed E-state index contributed by atoms with van der Waals surface area (Å²) in [5.41, 5.74) is 2.80. The van der Waals surface area contributed by atoms with Gasteiger partial charge in [0.25, 0.3) is 5.78 Å². The summed E-state index contributed by atoms with van der Waals surface area (Å²) in [6.07, 6.45) is 1.55. The number of carbonyl (C=O) groups is 2. The van der Waals surface area contributed by atoms with E-state index < -0.39 is 17.7 Å². The number of aliphatic hydroxyl groups excluding tert-OH is 1. The summed E-state index contributed by atoms with van der Waals surface area (Å²) >= 11 is 2.57. The number of halogens is 1. The first-order valence-electron chi connectivity index (χ1n) is 14.7. The van der Waals surface area contributed by atoms with E-state index in [9.17, 15) is 19.1 Å². The number of nitrogens with zero attached hydrogens (tertiary/aromatic N) is 3. The second-order valence-electron chi connectivity index (χ2n) is 11.5. The fourth-order valence-electron chi connectivity index (χ4n) is 5.34. The summed E-state index contributed by atoms with van der Waals surface area (Å²) in [7, 11) is 0. The van der Waals surface area contributed by atoms with E-state index in [2.05, 4.69) is 24.0 Å². The highest BCUT2D eigenvalue weighted by Gasteiger charge is 2.48. The molecule has 0 spiro atoms. The van der Waals surface area contributed by atoms with E-state index >= 15 is 0 Å². The smallest absolute Gasteiger partial charge is 0.301 e. The van der Waals surface area contributed by atoms with Crippen molar-refractivity contribution in [3.05, 3.63) is 100 Å². The highest BCUT2D eigenvalue weighted by atomic mass is 32.2. The molecule has 2 aliphatic heterocycles. The van der Waals surface area contributed by atoms with E-state index in [1.54, 1.807) is 48.5 Å². The van der Waals surface area contributed by atoms with Crippen LogP contribution in [0, 0.1) is 11.7 Å². The maximum atomic E-state index is 13.7. The van der Waals surface area contributed by atoms with Crippen molar-refractivity contribution in [1.29, 1.82) is 0 Å². The zero-order valence-corrected chi connectivity index (χ0v) is 26.7. The van der Waals surface area contributed by atoms with Crippen LogP contribution in [0.4, 0.5) is 9.52 Å². The van der Waals surface area contributed by atoms with Gasteiger partial charge in [0.2, 0.25) is 5.13 Å². The van der Waals surface area contributed by atoms with Crippen molar-refractivity contribution in [2.75, 3.05) is 11.5 Å². The molecule has 0 aliphatic carbocycles. The Morgan fingerprint density at radius 2 is 1.93 bits per heavy atom. The molecule has 0 radical (unpaired) electrons. The van der Waals surface area contributed by atoms with E-state index in [1.807, 2.05) is 13.0 Å². The maximum Gasteiger partial charge on any atom is 0.301 e. The molecule has 1 saturated heterocycles. The number of thioether (sulfide) groups is 1. The van der Waals surface area contributed by atoms with Crippen LogP contribution in [0.1, 0.15) is 55.5 Å². The number of benzene rings is 3. The number of carbonyl (C=O) groups excluding carboxylic acids is 2. The molecule has 11 heteroatoms. The van der Waals surface area contributed by atoms with Crippen LogP contribution in [-0.4, -0.2) is 39.7 Å². The normalized spacial score (nSPS) is 18.8. The second kappa shape index (κ2) is 13.0. The van der Waals surface area contributed by atoms with Crippen molar-refractivity contribution in [3.63, 3.8) is 0 Å². The number of ketones is 1. The lowest BCUT2D eigenvalue weighted by Gasteiger charge is -2.23. The van der Waals surface area contributed by atoms with Gasteiger partial charge < -0.3 is 14.6 Å². The highest BCUT2D eigenvalue weighted by Crippen LogP contribution is 2.45. The zero-order valence-electron chi connectivity index (χ0n) is 25.0. The molecular formula is C34H32FN3O5S2. The van der Waals surface area contributed by atoms with Gasteiger partial charge in [-0.1, -0.05) is 61.2 Å². The molecule has 0 saturated carbocycles. The van der Waals surface area contributed by atoms with Gasteiger partial charge in [0.15, 0.2) is 4.34 Å². The standard InChI is InChI=1S/C34H32FN3O5S2/c1-19(2)13-14-42-26-6-4-5-22(17-26)29-28(30(39)23-9-12-27-24(16-23)15-20(3)43-27)31(40)32(41)38(29)33-36-37-34(45-33)44-18-21-7-10-25(35)11-8-21/h4-12,16-17,19-20,29,39H,13-15,18H2,1-3H3/t20-,29+/m0/s1. The van der Waals surface area contributed by atoms with Crippen molar-refractivity contribution in [2.45, 2.75) is 55.9 Å². The number of ether oxygens (including phenoxy) is 2. The highest BCUT2D eigenvalue weighted by molar-refractivity contribution is 8.00. The summed E-state index contributed by atoms with van der Waals surface area (Å²) in [6.45, 7) is 6.72. The molecule has 0 bridgehead atoms. The van der Waals surface area contributed by atoms with Crippen LogP contribution in [0.2, 0.25) is 0 Å². The molecule has 8 nitrogen and oxygen atoms in total. The molecule has 232 valence electrons. The third-order valence-electron chi connectivity index (χ3n) is 7.63. The van der Waals surface area contributed by atoms with Gasteiger partial charge in [-0.15, -0.1) is 10.2 Å². The van der Waals surface area contributed by atoms with E-state index in [-0.39, 0.29) is 28.4 Å². The SMILES string of the molecule is CC(C)CCOc1cccc([C@@H]2C(=C(O)c3ccc4c(c3)C[C@H](C)O4)C(=O)C(=O)N2c2nnc(SCc3ccc(F)cc3)s2)c1. The number of hydrogen-bond acceptors (Lipinski definition) is 9. The predicted octanol–water partition coefficient (Wildman–Crippen LogP) is 7.34. The number of Topliss-reactive ketones (excluding diaryl/α,β-unsaturated/α-hetero) is 1. The Morgan fingerprint density at radius 1 is 1.13 bits per heavy atom. The number of rotatable bonds is 10. The molecule has 3 heterocycles. The van der Waals surface area contributed by atoms with Gasteiger partial charge in [0.05, 0.1) is 18.2 Å². The summed E-state index contributed by atoms with van der Waals surface area (Å²) in [5.74, 6) is 0.111. The van der Waals surface area contributed by atoms with E-state index in [4.69, 9.17) is 9.47 Å². The van der Waals surface area contributed by atoms with Crippen molar-refractivity contribution in [2.24, 2.45) is 5.92 Å². The molecule has 2 aliphatic rings. The molecule has 1 fully saturated rings. The topological polar surface area (TPSA) is 102 Å². The fraction of sp³-hybridized carbons (Fsp3) is 0.294. The number of hydrogen-bond donors (Lipinski definition) is 1. The Bertz CT molecular complexity index is 1770. The van der Waals surface area contributed by atoms with Gasteiger partial charge in [0.1, 0.15) is 29.2 Å². The minimum absolute atomic E-state index is 0.00828. The molecule has 45 heavy (non-hydrogen) atoms. The van der Waals surface area contributed by atoms with Crippen LogP contribution in [0.3, 0.4) is 0 Å². The van der Waals surface area contributed by atoms with Crippen LogP contribution < -0.4 is 14.4 Å². The number of fused-ring (bicyclic) bond motifs is 1. The van der Waals surface area contributed by atoms with Crippen molar-refractivity contribution < 1.29 is 28.6 Å². The molecule has 6 rings (SSSR count). The minimum Gasteiger partial charge on any atom is -0.507 e. The van der Waals surface area contributed by atoms with Crippen LogP contribution >= 0.6 is 23.1 Å². The molecule has 3 aromatic carbocycles. The fourth-order valence-corrected chi connectivity index (χ4v) is 7.16. The first kappa shape index (κ1) is 30.8. The summed E-state index contributed by atoms with van der Waals surface area (Å²) < 4.78 is 25.7. The van der Waals surface area contributed by atoms with Gasteiger partial charge in [0, 0.05) is 17.7 Å². The maximum absolute atomic E-state index is 13.7. The monoisotopic (exact) mass is 645 g/mol. The Labute approximate surface area is 268 Å². The molecule has 4 aromatic rings. The van der Waals surface area contributed by atoms with Crippen molar-refractivity contribution in [1.82, 2.24) is 10.2 Å². The second-order valence-corrected chi connectivity index (χ2v) is 13.7. The zero-order chi connectivity index (χ0) is 31.7. The lowest BCUT2D eigenvalue weighted by atomic mass is 9.94. The first-order chi connectivity index (χ1) is 21.7. The number of aliphatic hydroxyl groups is 1. The van der Waals surface area contributed by atoms with Gasteiger partial charge >= 0.3 is 5.91 Å². The lowest BCUT2D eigenvalue weighted by Crippen LogP contribution is -2.29. The van der Waals surface area contributed by atoms with Crippen LogP contribution in [0.15, 0.2) is 76.6 Å². The number of aromatic nitrogens is 2. The molecule has 1 amide bonds. The minimum atomic E-state index is -0.968. The van der Waals surface area contributed by atoms with Gasteiger partial charge in [-0.05, 0) is 78.4 Å². The quantitative estimate of drug-likeness (QED) is 0.0629. The van der Waals surface area contributed by atoms with E-state index in [0.29, 0.717) is 45.9 Å². The summed E-state index contributed by atoms with van der Waals surface area (Å²) in [5, 5.41) is 20.4. The molecule has 1 N–H and O–H groups in total. The number of amides is 1. The van der Waals surface area contributed by atoms with Gasteiger partial charge in [-0.25, -0.2) is 4.39 Å². The third-order valence-corrected chi connectivity index (χ3v) is 9.76. The van der Waals surface area contributed by atoms with Crippen LogP contribution in [-0.2, 0) is 21.8 Å². The van der Waals surface area contributed by atoms with Crippen LogP contribution in [0.5, 0.6) is 11.5 Å². The molecule has 0 unspecified atom stereocenters. The van der Waals surface area contributed by atoms with Crippen LogP contribution in [0.25, 0.3) is 5.76 Å². The third kappa shape index (κ3) is 6.60. The number of anilines is 1. The molecule has 1 aromatic heterocycles. The van der Waals surface area contributed by atoms with Crippen molar-refractivity contribution >= 4 is 45.7 Å².